The Morgan fingerprint density at radius 1 is 1.24 bits per heavy atom. The lowest BCUT2D eigenvalue weighted by Gasteiger charge is -2.21. The molecule has 1 heterocycles. The van der Waals surface area contributed by atoms with Crippen molar-refractivity contribution >= 4 is 44.7 Å². The van der Waals surface area contributed by atoms with E-state index < -0.39 is 17.5 Å². The van der Waals surface area contributed by atoms with Gasteiger partial charge in [0.05, 0.1) is 17.1 Å². The number of carbonyl (C=O) groups is 1. The molecular weight excluding hydrogens is 488 g/mol. The Bertz CT molecular complexity index is 1290. The first-order chi connectivity index (χ1) is 15.4. The molecule has 0 fully saturated rings. The molecule has 0 saturated heterocycles. The minimum atomic E-state index is -1.08. The molecule has 1 aromatic heterocycles. The second-order valence-electron chi connectivity index (χ2n) is 8.92. The zero-order chi connectivity index (χ0) is 24.5. The zero-order valence-electron chi connectivity index (χ0n) is 19.5. The Labute approximate surface area is 200 Å². The van der Waals surface area contributed by atoms with E-state index in [1.54, 1.807) is 24.3 Å². The third-order valence-electron chi connectivity index (χ3n) is 4.96. The fourth-order valence-electron chi connectivity index (χ4n) is 3.11. The molecule has 0 spiro atoms. The first-order valence-electron chi connectivity index (χ1n) is 10.4. The average Bonchev–Trinajstić information content (AvgIpc) is 2.73. The first-order valence-corrected chi connectivity index (χ1v) is 11.2. The average molecular weight is 515 g/mol. The van der Waals surface area contributed by atoms with E-state index in [1.807, 2.05) is 51.9 Å². The van der Waals surface area contributed by atoms with Gasteiger partial charge in [-0.05, 0) is 37.3 Å². The number of nitrogens with zero attached hydrogens (tertiary/aromatic N) is 4. The van der Waals surface area contributed by atoms with E-state index in [4.69, 9.17) is 9.72 Å². The number of aliphatic carboxylic acids is 1. The van der Waals surface area contributed by atoms with Crippen molar-refractivity contribution in [1.29, 1.82) is 0 Å². The fourth-order valence-corrected chi connectivity index (χ4v) is 3.47. The van der Waals surface area contributed by atoms with Crippen molar-refractivity contribution < 1.29 is 14.6 Å². The number of carboxylic acids is 1. The Morgan fingerprint density at radius 3 is 2.55 bits per heavy atom. The number of fused-ring (bicyclic) bond motifs is 1. The van der Waals surface area contributed by atoms with Gasteiger partial charge in [-0.15, -0.1) is 0 Å². The van der Waals surface area contributed by atoms with Crippen LogP contribution >= 0.6 is 15.9 Å². The molecule has 174 valence electrons. The fraction of sp³-hybridized carbons (Fsp3) is 0.333. The molecule has 1 N–H and O–H groups in total. The Morgan fingerprint density at radius 2 is 1.94 bits per heavy atom. The number of rotatable bonds is 6. The minimum absolute atomic E-state index is 0.297. The summed E-state index contributed by atoms with van der Waals surface area (Å²) in [7, 11) is 3.75. The van der Waals surface area contributed by atoms with Crippen molar-refractivity contribution in [2.45, 2.75) is 39.2 Å². The monoisotopic (exact) mass is 514 g/mol. The van der Waals surface area contributed by atoms with Gasteiger partial charge in [0.25, 0.3) is 5.56 Å². The van der Waals surface area contributed by atoms with Crippen LogP contribution in [0, 0.1) is 0 Å². The third-order valence-corrected chi connectivity index (χ3v) is 5.45. The van der Waals surface area contributed by atoms with Gasteiger partial charge in [-0.2, -0.15) is 9.78 Å². The van der Waals surface area contributed by atoms with Gasteiger partial charge in [0.15, 0.2) is 6.10 Å². The number of hydrogen-bond donors (Lipinski definition) is 1. The normalized spacial score (nSPS) is 12.8. The van der Waals surface area contributed by atoms with Crippen LogP contribution in [0.1, 0.15) is 39.1 Å². The van der Waals surface area contributed by atoms with Crippen LogP contribution < -0.4 is 15.2 Å². The van der Waals surface area contributed by atoms with E-state index in [-0.39, 0.29) is 5.56 Å². The number of aromatic nitrogens is 2. The van der Waals surface area contributed by atoms with E-state index in [0.717, 1.165) is 10.2 Å². The van der Waals surface area contributed by atoms with Crippen LogP contribution in [-0.4, -0.2) is 47.1 Å². The zero-order valence-corrected chi connectivity index (χ0v) is 21.0. The molecule has 9 heteroatoms. The second kappa shape index (κ2) is 9.35. The van der Waals surface area contributed by atoms with E-state index >= 15 is 0 Å². The molecule has 0 aliphatic heterocycles. The van der Waals surface area contributed by atoms with Crippen molar-refractivity contribution in [3.05, 3.63) is 62.6 Å². The lowest BCUT2D eigenvalue weighted by molar-refractivity contribution is -0.144. The van der Waals surface area contributed by atoms with E-state index in [2.05, 4.69) is 21.0 Å². The summed E-state index contributed by atoms with van der Waals surface area (Å²) in [5, 5.41) is 14.2. The van der Waals surface area contributed by atoms with Gasteiger partial charge in [0.1, 0.15) is 11.6 Å². The topological polar surface area (TPSA) is 97.0 Å². The summed E-state index contributed by atoms with van der Waals surface area (Å²) in [6.45, 7) is 7.33. The van der Waals surface area contributed by atoms with Crippen LogP contribution in [-0.2, 0) is 10.2 Å². The number of ether oxygens (including phenoxy) is 1. The van der Waals surface area contributed by atoms with Gasteiger partial charge in [-0.25, -0.2) is 9.78 Å². The summed E-state index contributed by atoms with van der Waals surface area (Å²) >= 11 is 3.40. The predicted molar refractivity (Wildman–Crippen MR) is 134 cm³/mol. The summed E-state index contributed by atoms with van der Waals surface area (Å²) in [5.74, 6) is -0.227. The molecule has 2 aromatic carbocycles. The maximum atomic E-state index is 13.3. The molecule has 0 saturated carbocycles. The molecule has 1 atom stereocenters. The molecule has 8 nitrogen and oxygen atoms in total. The summed E-state index contributed by atoms with van der Waals surface area (Å²) in [6, 6.07) is 10.7. The maximum absolute atomic E-state index is 13.3. The number of anilines is 1. The van der Waals surface area contributed by atoms with Crippen molar-refractivity contribution in [3.8, 4) is 5.75 Å². The van der Waals surface area contributed by atoms with Crippen LogP contribution in [0.25, 0.3) is 10.9 Å². The standard InChI is InChI=1S/C24H27BrN4O4/c1-14(22(31)32)33-20-12-17(28(5)6)9-7-15(20)13-26-29-21(30)18-11-16(25)8-10-19(18)27-23(29)24(2,3)4/h7-14H,1-6H3,(H,31,32)/t14-/m1/s1. The van der Waals surface area contributed by atoms with E-state index in [0.29, 0.717) is 28.0 Å². The van der Waals surface area contributed by atoms with Gasteiger partial charge in [-0.3, -0.25) is 4.79 Å². The number of benzene rings is 2. The van der Waals surface area contributed by atoms with Gasteiger partial charge < -0.3 is 14.7 Å². The highest BCUT2D eigenvalue weighted by Gasteiger charge is 2.23. The predicted octanol–water partition coefficient (Wildman–Crippen LogP) is 4.26. The molecule has 0 amide bonds. The van der Waals surface area contributed by atoms with Crippen LogP contribution in [0.5, 0.6) is 5.75 Å². The third kappa shape index (κ3) is 5.42. The molecule has 0 bridgehead atoms. The summed E-state index contributed by atoms with van der Waals surface area (Å²) in [4.78, 5) is 31.3. The second-order valence-corrected chi connectivity index (χ2v) is 9.84. The highest BCUT2D eigenvalue weighted by Crippen LogP contribution is 2.26. The quantitative estimate of drug-likeness (QED) is 0.493. The summed E-state index contributed by atoms with van der Waals surface area (Å²) in [6.07, 6.45) is 0.438. The van der Waals surface area contributed by atoms with Crippen LogP contribution in [0.2, 0.25) is 0 Å². The molecule has 3 aromatic rings. The number of hydrogen-bond acceptors (Lipinski definition) is 6. The van der Waals surface area contributed by atoms with Gasteiger partial charge in [0.2, 0.25) is 0 Å². The van der Waals surface area contributed by atoms with Crippen LogP contribution in [0.3, 0.4) is 0 Å². The van der Waals surface area contributed by atoms with Crippen LogP contribution in [0.15, 0.2) is 50.8 Å². The van der Waals surface area contributed by atoms with Crippen LogP contribution in [0.4, 0.5) is 5.69 Å². The van der Waals surface area contributed by atoms with Crippen molar-refractivity contribution in [2.24, 2.45) is 5.10 Å². The Hall–Kier alpha value is -3.20. The lowest BCUT2D eigenvalue weighted by Crippen LogP contribution is -2.29. The maximum Gasteiger partial charge on any atom is 0.344 e. The molecule has 0 aliphatic carbocycles. The molecule has 0 aliphatic rings. The molecular formula is C24H27BrN4O4. The highest BCUT2D eigenvalue weighted by molar-refractivity contribution is 9.10. The van der Waals surface area contributed by atoms with Crippen molar-refractivity contribution in [2.75, 3.05) is 19.0 Å². The van der Waals surface area contributed by atoms with Crippen molar-refractivity contribution in [1.82, 2.24) is 9.66 Å². The van der Waals surface area contributed by atoms with Gasteiger partial charge >= 0.3 is 5.97 Å². The molecule has 0 unspecified atom stereocenters. The first kappa shape index (κ1) is 24.4. The smallest absolute Gasteiger partial charge is 0.344 e. The van der Waals surface area contributed by atoms with E-state index in [1.165, 1.54) is 17.8 Å². The van der Waals surface area contributed by atoms with Crippen molar-refractivity contribution in [3.63, 3.8) is 0 Å². The van der Waals surface area contributed by atoms with E-state index in [9.17, 15) is 14.7 Å². The SMILES string of the molecule is C[C@@H](Oc1cc(N(C)C)ccc1C=Nn1c(C(C)(C)C)nc2ccc(Br)cc2c1=O)C(=O)O. The van der Waals surface area contributed by atoms with Gasteiger partial charge in [-0.1, -0.05) is 36.7 Å². The number of halogens is 1. The Balaban J connectivity index is 2.18. The minimum Gasteiger partial charge on any atom is -0.479 e. The molecule has 0 radical (unpaired) electrons. The molecule has 3 rings (SSSR count). The van der Waals surface area contributed by atoms with Gasteiger partial charge in [0, 0.05) is 41.3 Å². The largest absolute Gasteiger partial charge is 0.479 e. The molecule has 33 heavy (non-hydrogen) atoms. The number of carboxylic acid groups (broad SMARTS) is 1. The summed E-state index contributed by atoms with van der Waals surface area (Å²) < 4.78 is 7.73. The highest BCUT2D eigenvalue weighted by atomic mass is 79.9. The Kier molecular flexibility index (Phi) is 6.92. The summed E-state index contributed by atoms with van der Waals surface area (Å²) in [5.41, 5.74) is 1.21. The lowest BCUT2D eigenvalue weighted by atomic mass is 9.95.